The number of methoxy groups -OCH3 is 1. The Morgan fingerprint density at radius 2 is 2.11 bits per heavy atom. The maximum Gasteiger partial charge on any atom is 0.337 e. The Hall–Kier alpha value is -1.40. The monoisotopic (exact) mass is 329 g/mol. The van der Waals surface area contributed by atoms with Gasteiger partial charge in [-0.2, -0.15) is 0 Å². The molecule has 104 valence electrons. The minimum atomic E-state index is -1.10. The number of carboxylic acids is 1. The number of aromatic carboxylic acids is 1. The molecule has 0 fully saturated rings. The highest BCUT2D eigenvalue weighted by Crippen LogP contribution is 2.23. The van der Waals surface area contributed by atoms with Crippen molar-refractivity contribution in [3.05, 3.63) is 28.2 Å². The van der Waals surface area contributed by atoms with Crippen molar-refractivity contribution in [2.24, 2.45) is 0 Å². The van der Waals surface area contributed by atoms with E-state index in [0.717, 1.165) is 0 Å². The number of anilines is 1. The van der Waals surface area contributed by atoms with Crippen LogP contribution in [0.25, 0.3) is 0 Å². The molecular formula is C13H16BrNO4. The minimum absolute atomic E-state index is 0.0253. The quantitative estimate of drug-likeness (QED) is 0.870. The Morgan fingerprint density at radius 3 is 2.58 bits per heavy atom. The lowest BCUT2D eigenvalue weighted by molar-refractivity contribution is -0.136. The highest BCUT2D eigenvalue weighted by Gasteiger charge is 2.31. The Labute approximate surface area is 120 Å². The second-order valence-electron chi connectivity index (χ2n) is 4.24. The highest BCUT2D eigenvalue weighted by molar-refractivity contribution is 9.10. The lowest BCUT2D eigenvalue weighted by Gasteiger charge is -2.25. The molecule has 0 saturated heterocycles. The van der Waals surface area contributed by atoms with Crippen molar-refractivity contribution in [3.63, 3.8) is 0 Å². The molecule has 0 aliphatic carbocycles. The van der Waals surface area contributed by atoms with Crippen molar-refractivity contribution in [2.75, 3.05) is 12.4 Å². The van der Waals surface area contributed by atoms with Gasteiger partial charge in [0.25, 0.3) is 5.91 Å². The van der Waals surface area contributed by atoms with Gasteiger partial charge in [0.1, 0.15) is 5.60 Å². The molecule has 1 aromatic carbocycles. The fourth-order valence-corrected chi connectivity index (χ4v) is 1.82. The standard InChI is InChI=1S/C13H16BrNO4/c1-4-13(2,19-3)12(18)15-10-6-5-8(14)7-9(10)11(16)17/h5-7H,4H2,1-3H3,(H,15,18)(H,16,17). The smallest absolute Gasteiger partial charge is 0.337 e. The van der Waals surface area contributed by atoms with Crippen LogP contribution in [0.1, 0.15) is 30.6 Å². The molecule has 0 radical (unpaired) electrons. The van der Waals surface area contributed by atoms with E-state index in [2.05, 4.69) is 21.2 Å². The molecule has 0 saturated carbocycles. The normalized spacial score (nSPS) is 13.7. The molecule has 0 bridgehead atoms. The van der Waals surface area contributed by atoms with Gasteiger partial charge < -0.3 is 15.2 Å². The zero-order chi connectivity index (χ0) is 14.6. The first-order valence-corrected chi connectivity index (χ1v) is 6.52. The molecule has 6 heteroatoms. The predicted molar refractivity (Wildman–Crippen MR) is 75.4 cm³/mol. The SMILES string of the molecule is CCC(C)(OC)C(=O)Nc1ccc(Br)cc1C(=O)O. The second kappa shape index (κ2) is 6.16. The molecule has 0 aromatic heterocycles. The lowest BCUT2D eigenvalue weighted by atomic mass is 10.0. The van der Waals surface area contributed by atoms with Crippen LogP contribution in [-0.4, -0.2) is 29.7 Å². The maximum absolute atomic E-state index is 12.1. The van der Waals surface area contributed by atoms with Crippen molar-refractivity contribution in [1.29, 1.82) is 0 Å². The highest BCUT2D eigenvalue weighted by atomic mass is 79.9. The molecule has 1 aromatic rings. The topological polar surface area (TPSA) is 75.6 Å². The summed E-state index contributed by atoms with van der Waals surface area (Å²) in [4.78, 5) is 23.3. The van der Waals surface area contributed by atoms with Gasteiger partial charge in [-0.1, -0.05) is 22.9 Å². The Bertz CT molecular complexity index is 497. The molecule has 0 aliphatic heterocycles. The first-order chi connectivity index (χ1) is 8.84. The molecule has 19 heavy (non-hydrogen) atoms. The predicted octanol–water partition coefficient (Wildman–Crippen LogP) is 2.90. The van der Waals surface area contributed by atoms with Crippen LogP contribution < -0.4 is 5.32 Å². The number of carboxylic acid groups (broad SMARTS) is 1. The van der Waals surface area contributed by atoms with Crippen LogP contribution in [0.15, 0.2) is 22.7 Å². The number of carbonyl (C=O) groups excluding carboxylic acids is 1. The molecular weight excluding hydrogens is 314 g/mol. The summed E-state index contributed by atoms with van der Waals surface area (Å²) in [6.45, 7) is 3.48. The average Bonchev–Trinajstić information content (AvgIpc) is 2.39. The van der Waals surface area contributed by atoms with E-state index >= 15 is 0 Å². The number of ether oxygens (including phenoxy) is 1. The first-order valence-electron chi connectivity index (χ1n) is 5.73. The molecule has 0 heterocycles. The van der Waals surface area contributed by atoms with Crippen LogP contribution in [0.4, 0.5) is 5.69 Å². The van der Waals surface area contributed by atoms with Gasteiger partial charge in [0.15, 0.2) is 0 Å². The van der Waals surface area contributed by atoms with Crippen molar-refractivity contribution in [2.45, 2.75) is 25.9 Å². The molecule has 2 N–H and O–H groups in total. The Morgan fingerprint density at radius 1 is 1.47 bits per heavy atom. The molecule has 0 aliphatic rings. The van der Waals surface area contributed by atoms with E-state index in [9.17, 15) is 9.59 Å². The van der Waals surface area contributed by atoms with Crippen LogP contribution in [0.5, 0.6) is 0 Å². The van der Waals surface area contributed by atoms with Gasteiger partial charge in [0.2, 0.25) is 0 Å². The number of rotatable bonds is 5. The lowest BCUT2D eigenvalue weighted by Crippen LogP contribution is -2.41. The van der Waals surface area contributed by atoms with E-state index < -0.39 is 11.6 Å². The summed E-state index contributed by atoms with van der Waals surface area (Å²) in [5.74, 6) is -1.48. The molecule has 0 spiro atoms. The molecule has 1 atom stereocenters. The maximum atomic E-state index is 12.1. The second-order valence-corrected chi connectivity index (χ2v) is 5.15. The summed E-state index contributed by atoms with van der Waals surface area (Å²) in [6, 6.07) is 4.64. The summed E-state index contributed by atoms with van der Waals surface area (Å²) >= 11 is 3.20. The number of carbonyl (C=O) groups is 2. The Kier molecular flexibility index (Phi) is 5.08. The summed E-state index contributed by atoms with van der Waals surface area (Å²) in [5, 5.41) is 11.7. The van der Waals surface area contributed by atoms with Crippen molar-refractivity contribution in [3.8, 4) is 0 Å². The minimum Gasteiger partial charge on any atom is -0.478 e. The fraction of sp³-hybridized carbons (Fsp3) is 0.385. The van der Waals surface area contributed by atoms with E-state index in [1.54, 1.807) is 13.0 Å². The van der Waals surface area contributed by atoms with E-state index in [1.807, 2.05) is 6.92 Å². The fourth-order valence-electron chi connectivity index (χ4n) is 1.45. The average molecular weight is 330 g/mol. The van der Waals surface area contributed by atoms with Gasteiger partial charge in [0.05, 0.1) is 11.3 Å². The van der Waals surface area contributed by atoms with Gasteiger partial charge in [-0.3, -0.25) is 4.79 Å². The van der Waals surface area contributed by atoms with Gasteiger partial charge in [-0.05, 0) is 31.5 Å². The summed E-state index contributed by atoms with van der Waals surface area (Å²) < 4.78 is 5.81. The van der Waals surface area contributed by atoms with Crippen molar-refractivity contribution >= 4 is 33.5 Å². The van der Waals surface area contributed by atoms with Crippen LogP contribution in [0.3, 0.4) is 0 Å². The molecule has 1 rings (SSSR count). The number of halogens is 1. The third-order valence-corrected chi connectivity index (χ3v) is 3.56. The van der Waals surface area contributed by atoms with Gasteiger partial charge in [0, 0.05) is 11.6 Å². The van der Waals surface area contributed by atoms with Crippen molar-refractivity contribution in [1.82, 2.24) is 0 Å². The van der Waals surface area contributed by atoms with Crippen LogP contribution in [0.2, 0.25) is 0 Å². The first kappa shape index (κ1) is 15.7. The number of hydrogen-bond donors (Lipinski definition) is 2. The van der Waals surface area contributed by atoms with E-state index in [1.165, 1.54) is 19.2 Å². The zero-order valence-electron chi connectivity index (χ0n) is 11.0. The number of benzene rings is 1. The van der Waals surface area contributed by atoms with Crippen LogP contribution >= 0.6 is 15.9 Å². The zero-order valence-corrected chi connectivity index (χ0v) is 12.6. The van der Waals surface area contributed by atoms with Crippen molar-refractivity contribution < 1.29 is 19.4 Å². The third kappa shape index (κ3) is 3.54. The largest absolute Gasteiger partial charge is 0.478 e. The summed E-state index contributed by atoms with van der Waals surface area (Å²) in [7, 11) is 1.45. The van der Waals surface area contributed by atoms with Crippen LogP contribution in [-0.2, 0) is 9.53 Å². The number of hydrogen-bond acceptors (Lipinski definition) is 3. The molecule has 5 nitrogen and oxygen atoms in total. The van der Waals surface area contributed by atoms with Crippen LogP contribution in [0, 0.1) is 0 Å². The van der Waals surface area contributed by atoms with E-state index in [-0.39, 0.29) is 17.2 Å². The third-order valence-electron chi connectivity index (χ3n) is 3.07. The van der Waals surface area contributed by atoms with E-state index in [4.69, 9.17) is 9.84 Å². The summed E-state index contributed by atoms with van der Waals surface area (Å²) in [5.41, 5.74) is -0.710. The van der Waals surface area contributed by atoms with Gasteiger partial charge in [-0.15, -0.1) is 0 Å². The van der Waals surface area contributed by atoms with E-state index in [0.29, 0.717) is 10.9 Å². The van der Waals surface area contributed by atoms with Gasteiger partial charge >= 0.3 is 5.97 Å². The summed E-state index contributed by atoms with van der Waals surface area (Å²) in [6.07, 6.45) is 0.480. The number of nitrogens with one attached hydrogen (secondary N) is 1. The molecule has 1 amide bonds. The molecule has 1 unspecified atom stereocenters. The Balaban J connectivity index is 3.06. The van der Waals surface area contributed by atoms with Gasteiger partial charge in [-0.25, -0.2) is 4.79 Å². The number of amides is 1.